The van der Waals surface area contributed by atoms with E-state index < -0.39 is 11.4 Å². The molecule has 36 heavy (non-hydrogen) atoms. The molecule has 1 fully saturated rings. The highest BCUT2D eigenvalue weighted by molar-refractivity contribution is 6.03. The minimum Gasteiger partial charge on any atom is -0.481 e. The zero-order chi connectivity index (χ0) is 25.9. The minimum atomic E-state index is -1.07. The molecular formula is C28H31N3O5. The summed E-state index contributed by atoms with van der Waals surface area (Å²) in [4.78, 5) is 42.8. The summed E-state index contributed by atoms with van der Waals surface area (Å²) in [5, 5.41) is 12.2. The summed E-state index contributed by atoms with van der Waals surface area (Å²) in [7, 11) is 0. The van der Waals surface area contributed by atoms with Gasteiger partial charge in [0.25, 0.3) is 5.91 Å². The number of oxazole rings is 1. The molecule has 0 atom stereocenters. The smallest absolute Gasteiger partial charge is 0.309 e. The number of amides is 2. The number of aromatic nitrogens is 1. The van der Waals surface area contributed by atoms with Gasteiger partial charge in [0, 0.05) is 30.8 Å². The molecule has 8 heteroatoms. The van der Waals surface area contributed by atoms with Gasteiger partial charge in [0.05, 0.1) is 5.41 Å². The quantitative estimate of drug-likeness (QED) is 0.477. The van der Waals surface area contributed by atoms with E-state index in [0.29, 0.717) is 36.3 Å². The minimum absolute atomic E-state index is 0.000762. The van der Waals surface area contributed by atoms with Gasteiger partial charge in [0.1, 0.15) is 5.76 Å². The molecule has 1 aliphatic rings. The first-order valence-electron chi connectivity index (χ1n) is 12.1. The van der Waals surface area contributed by atoms with E-state index in [1.807, 2.05) is 54.6 Å². The van der Waals surface area contributed by atoms with Crippen molar-refractivity contribution in [2.75, 3.05) is 18.4 Å². The van der Waals surface area contributed by atoms with Crippen molar-refractivity contribution in [3.63, 3.8) is 0 Å². The Labute approximate surface area is 210 Å². The van der Waals surface area contributed by atoms with Crippen molar-refractivity contribution >= 4 is 23.5 Å². The number of benzene rings is 2. The van der Waals surface area contributed by atoms with Crippen LogP contribution in [0.4, 0.5) is 5.69 Å². The number of carbonyl (C=O) groups excluding carboxylic acids is 2. The molecular weight excluding hydrogens is 458 g/mol. The van der Waals surface area contributed by atoms with Crippen LogP contribution in [0.5, 0.6) is 0 Å². The number of hydrogen-bond donors (Lipinski definition) is 2. The van der Waals surface area contributed by atoms with E-state index in [1.54, 1.807) is 25.7 Å². The zero-order valence-corrected chi connectivity index (χ0v) is 20.8. The van der Waals surface area contributed by atoms with Crippen LogP contribution in [-0.2, 0) is 9.59 Å². The Morgan fingerprint density at radius 2 is 1.69 bits per heavy atom. The van der Waals surface area contributed by atoms with Crippen LogP contribution < -0.4 is 5.32 Å². The van der Waals surface area contributed by atoms with Gasteiger partial charge in [-0.05, 0) is 69.4 Å². The van der Waals surface area contributed by atoms with Gasteiger partial charge in [-0.1, -0.05) is 30.3 Å². The molecule has 2 aromatic carbocycles. The fourth-order valence-corrected chi connectivity index (χ4v) is 4.37. The summed E-state index contributed by atoms with van der Waals surface area (Å²) in [6, 6.07) is 17.2. The molecule has 2 N–H and O–H groups in total. The van der Waals surface area contributed by atoms with Crippen molar-refractivity contribution in [3.8, 4) is 11.5 Å². The van der Waals surface area contributed by atoms with Crippen LogP contribution in [0.25, 0.3) is 11.5 Å². The van der Waals surface area contributed by atoms with E-state index in [-0.39, 0.29) is 23.9 Å². The molecule has 8 nitrogen and oxygen atoms in total. The van der Waals surface area contributed by atoms with Crippen LogP contribution in [0, 0.1) is 12.3 Å². The maximum Gasteiger partial charge on any atom is 0.309 e. The Balaban J connectivity index is 1.33. The number of aliphatic carboxylic acids is 1. The number of piperidine rings is 1. The fraction of sp³-hybridized carbons (Fsp3) is 0.357. The lowest BCUT2D eigenvalue weighted by atomic mass is 9.86. The number of hydrogen-bond acceptors (Lipinski definition) is 5. The summed E-state index contributed by atoms with van der Waals surface area (Å²) in [6.07, 6.45) is 1.62. The van der Waals surface area contributed by atoms with E-state index in [0.717, 1.165) is 24.0 Å². The van der Waals surface area contributed by atoms with Gasteiger partial charge >= 0.3 is 5.97 Å². The number of carbonyl (C=O) groups is 3. The predicted molar refractivity (Wildman–Crippen MR) is 136 cm³/mol. The molecule has 0 bridgehead atoms. The van der Waals surface area contributed by atoms with E-state index in [1.165, 1.54) is 0 Å². The maximum atomic E-state index is 12.8. The van der Waals surface area contributed by atoms with Gasteiger partial charge in [0.2, 0.25) is 11.8 Å². The summed E-state index contributed by atoms with van der Waals surface area (Å²) < 4.78 is 5.69. The van der Waals surface area contributed by atoms with Gasteiger partial charge in [-0.3, -0.25) is 14.4 Å². The molecule has 2 amide bonds. The molecule has 0 spiro atoms. The Bertz CT molecular complexity index is 1240. The lowest BCUT2D eigenvalue weighted by Crippen LogP contribution is -2.41. The second-order valence-electron chi connectivity index (χ2n) is 9.89. The number of carboxylic acids is 1. The normalized spacial score (nSPS) is 14.5. The summed E-state index contributed by atoms with van der Waals surface area (Å²) in [6.45, 7) is 6.08. The topological polar surface area (TPSA) is 113 Å². The molecule has 1 aliphatic heterocycles. The molecule has 0 unspecified atom stereocenters. The second kappa shape index (κ2) is 10.4. The number of anilines is 1. The largest absolute Gasteiger partial charge is 0.481 e. The molecule has 0 radical (unpaired) electrons. The van der Waals surface area contributed by atoms with E-state index in [4.69, 9.17) is 4.42 Å². The first-order valence-corrected chi connectivity index (χ1v) is 12.1. The third kappa shape index (κ3) is 5.64. The number of aryl methyl sites for hydroxylation is 1. The first kappa shape index (κ1) is 25.2. The average molecular weight is 490 g/mol. The SMILES string of the molecule is Cc1oc(-c2ccccc2)nc1C(=O)Nc1ccc(C2CCN(C(=O)CC(C)(C)C(=O)O)CC2)cc1. The number of nitrogens with one attached hydrogen (secondary N) is 1. The van der Waals surface area contributed by atoms with Crippen LogP contribution in [0.1, 0.15) is 60.8 Å². The van der Waals surface area contributed by atoms with Gasteiger partial charge < -0.3 is 19.7 Å². The van der Waals surface area contributed by atoms with Gasteiger partial charge in [-0.25, -0.2) is 4.98 Å². The molecule has 0 aliphatic carbocycles. The lowest BCUT2D eigenvalue weighted by molar-refractivity contribution is -0.151. The van der Waals surface area contributed by atoms with Gasteiger partial charge in [-0.2, -0.15) is 0 Å². The van der Waals surface area contributed by atoms with Crippen LogP contribution in [-0.4, -0.2) is 45.9 Å². The second-order valence-corrected chi connectivity index (χ2v) is 9.89. The number of nitrogens with zero attached hydrogens (tertiary/aromatic N) is 2. The number of likely N-dealkylation sites (tertiary alicyclic amines) is 1. The van der Waals surface area contributed by atoms with Gasteiger partial charge in [-0.15, -0.1) is 0 Å². The van der Waals surface area contributed by atoms with E-state index in [9.17, 15) is 19.5 Å². The third-order valence-electron chi connectivity index (χ3n) is 6.69. The van der Waals surface area contributed by atoms with Crippen LogP contribution in [0.2, 0.25) is 0 Å². The zero-order valence-electron chi connectivity index (χ0n) is 20.8. The van der Waals surface area contributed by atoms with E-state index >= 15 is 0 Å². The van der Waals surface area contributed by atoms with Crippen LogP contribution >= 0.6 is 0 Å². The first-order chi connectivity index (χ1) is 17.1. The van der Waals surface area contributed by atoms with E-state index in [2.05, 4.69) is 10.3 Å². The lowest BCUT2D eigenvalue weighted by Gasteiger charge is -2.33. The summed E-state index contributed by atoms with van der Waals surface area (Å²) >= 11 is 0. The Morgan fingerprint density at radius 3 is 2.31 bits per heavy atom. The number of carboxylic acid groups (broad SMARTS) is 1. The van der Waals surface area contributed by atoms with Crippen molar-refractivity contribution in [2.24, 2.45) is 5.41 Å². The maximum absolute atomic E-state index is 12.8. The molecule has 1 aromatic heterocycles. The highest BCUT2D eigenvalue weighted by Gasteiger charge is 2.33. The van der Waals surface area contributed by atoms with Crippen molar-refractivity contribution in [2.45, 2.75) is 46.0 Å². The molecule has 4 rings (SSSR count). The molecule has 2 heterocycles. The summed E-state index contributed by atoms with van der Waals surface area (Å²) in [5.41, 5.74) is 1.80. The molecule has 188 valence electrons. The van der Waals surface area contributed by atoms with Gasteiger partial charge in [0.15, 0.2) is 5.69 Å². The average Bonchev–Trinajstić information content (AvgIpc) is 3.26. The van der Waals surface area contributed by atoms with Crippen molar-refractivity contribution < 1.29 is 23.9 Å². The predicted octanol–water partition coefficient (Wildman–Crippen LogP) is 5.11. The highest BCUT2D eigenvalue weighted by atomic mass is 16.4. The third-order valence-corrected chi connectivity index (χ3v) is 6.69. The Kier molecular flexibility index (Phi) is 7.24. The fourth-order valence-electron chi connectivity index (χ4n) is 4.37. The van der Waals surface area contributed by atoms with Crippen LogP contribution in [0.3, 0.4) is 0 Å². The molecule has 3 aromatic rings. The highest BCUT2D eigenvalue weighted by Crippen LogP contribution is 2.31. The van der Waals surface area contributed by atoms with Crippen molar-refractivity contribution in [1.29, 1.82) is 0 Å². The standard InChI is InChI=1S/C28H31N3O5/c1-18-24(30-26(36-18)21-7-5-4-6-8-21)25(33)29-22-11-9-19(10-12-22)20-13-15-31(16-14-20)23(32)17-28(2,3)27(34)35/h4-12,20H,13-17H2,1-3H3,(H,29,33)(H,34,35). The molecule has 0 saturated carbocycles. The Hall–Kier alpha value is -3.94. The monoisotopic (exact) mass is 489 g/mol. The number of rotatable bonds is 7. The Morgan fingerprint density at radius 1 is 1.06 bits per heavy atom. The van der Waals surface area contributed by atoms with Crippen LogP contribution in [0.15, 0.2) is 59.0 Å². The summed E-state index contributed by atoms with van der Waals surface area (Å²) in [5.74, 6) is -0.244. The molecule has 1 saturated heterocycles. The van der Waals surface area contributed by atoms with Crippen molar-refractivity contribution in [1.82, 2.24) is 9.88 Å². The van der Waals surface area contributed by atoms with Crippen molar-refractivity contribution in [3.05, 3.63) is 71.6 Å².